The molecule has 0 aliphatic carbocycles. The number of aliphatic hydroxyl groups is 3. The molecule has 0 rings (SSSR count). The molecule has 0 aromatic heterocycles. The second-order valence-corrected chi connectivity index (χ2v) is 2.08. The highest BCUT2D eigenvalue weighted by atomic mass is 16.5. The van der Waals surface area contributed by atoms with E-state index in [1.54, 1.807) is 0 Å². The van der Waals surface area contributed by atoms with Gasteiger partial charge in [-0.25, -0.2) is 0 Å². The standard InChI is InChI=1S/C6H12O5/c1-11-6(4(9)2-7)5(10)3-8/h2,4-6,8-10H,3H2,1H3/t4-,5-,6+/m1/s1. The lowest BCUT2D eigenvalue weighted by molar-refractivity contribution is -0.132. The fourth-order valence-corrected chi connectivity index (χ4v) is 0.705. The van der Waals surface area contributed by atoms with Crippen molar-refractivity contribution in [3.8, 4) is 0 Å². The minimum absolute atomic E-state index is 0.243. The Labute approximate surface area is 64.2 Å². The van der Waals surface area contributed by atoms with E-state index in [-0.39, 0.29) is 6.29 Å². The predicted molar refractivity (Wildman–Crippen MR) is 36.0 cm³/mol. The average molecular weight is 164 g/mol. The molecule has 0 heterocycles. The molecule has 0 saturated carbocycles. The third-order valence-corrected chi connectivity index (χ3v) is 1.31. The predicted octanol–water partition coefficient (Wildman–Crippen LogP) is -2.09. The molecular formula is C6H12O5. The zero-order valence-electron chi connectivity index (χ0n) is 6.17. The first-order valence-electron chi connectivity index (χ1n) is 3.12. The van der Waals surface area contributed by atoms with Crippen molar-refractivity contribution in [1.29, 1.82) is 0 Å². The largest absolute Gasteiger partial charge is 0.394 e. The number of hydrogen-bond donors (Lipinski definition) is 3. The topological polar surface area (TPSA) is 87.0 Å². The summed E-state index contributed by atoms with van der Waals surface area (Å²) in [6.45, 7) is -0.552. The lowest BCUT2D eigenvalue weighted by Crippen LogP contribution is -2.41. The highest BCUT2D eigenvalue weighted by molar-refractivity contribution is 5.56. The quantitative estimate of drug-likeness (QED) is 0.406. The zero-order chi connectivity index (χ0) is 8.85. The first-order valence-corrected chi connectivity index (χ1v) is 3.12. The molecule has 0 unspecified atom stereocenters. The Bertz CT molecular complexity index is 116. The normalized spacial score (nSPS) is 18.9. The van der Waals surface area contributed by atoms with E-state index in [2.05, 4.69) is 4.74 Å². The van der Waals surface area contributed by atoms with Gasteiger partial charge in [-0.3, -0.25) is 0 Å². The third-order valence-electron chi connectivity index (χ3n) is 1.31. The average Bonchev–Trinajstić information content (AvgIpc) is 2.05. The van der Waals surface area contributed by atoms with Gasteiger partial charge in [-0.15, -0.1) is 0 Å². The molecule has 3 atom stereocenters. The Morgan fingerprint density at radius 2 is 2.09 bits per heavy atom. The maximum absolute atomic E-state index is 10.0. The van der Waals surface area contributed by atoms with E-state index in [0.717, 1.165) is 0 Å². The molecule has 3 N–H and O–H groups in total. The van der Waals surface area contributed by atoms with Crippen LogP contribution >= 0.6 is 0 Å². The van der Waals surface area contributed by atoms with Crippen LogP contribution in [0.4, 0.5) is 0 Å². The lowest BCUT2D eigenvalue weighted by Gasteiger charge is -2.21. The second kappa shape index (κ2) is 5.20. The lowest BCUT2D eigenvalue weighted by atomic mass is 10.1. The zero-order valence-corrected chi connectivity index (χ0v) is 6.17. The molecule has 0 aliphatic rings. The summed E-state index contributed by atoms with van der Waals surface area (Å²) < 4.78 is 4.56. The Hall–Kier alpha value is -0.490. The van der Waals surface area contributed by atoms with Crippen molar-refractivity contribution in [1.82, 2.24) is 0 Å². The van der Waals surface area contributed by atoms with Crippen molar-refractivity contribution in [2.75, 3.05) is 13.7 Å². The minimum atomic E-state index is -1.40. The SMILES string of the molecule is CO[C@@H]([C@H](O)C=O)[C@H](O)CO. The molecule has 5 nitrogen and oxygen atoms in total. The Morgan fingerprint density at radius 1 is 1.55 bits per heavy atom. The highest BCUT2D eigenvalue weighted by Gasteiger charge is 2.25. The maximum atomic E-state index is 10.0. The Morgan fingerprint density at radius 3 is 2.36 bits per heavy atom. The van der Waals surface area contributed by atoms with Crippen LogP contribution in [0.25, 0.3) is 0 Å². The number of hydrogen-bond acceptors (Lipinski definition) is 5. The third kappa shape index (κ3) is 2.94. The van der Waals surface area contributed by atoms with Crippen LogP contribution in [0.3, 0.4) is 0 Å². The molecule has 0 aliphatic heterocycles. The summed E-state index contributed by atoms with van der Waals surface area (Å²) in [6.07, 6.45) is -3.45. The number of aliphatic hydroxyl groups excluding tert-OH is 3. The van der Waals surface area contributed by atoms with Crippen molar-refractivity contribution < 1.29 is 24.9 Å². The molecule has 0 spiro atoms. The van der Waals surface area contributed by atoms with Gasteiger partial charge in [0.15, 0.2) is 6.29 Å². The van der Waals surface area contributed by atoms with E-state index in [0.29, 0.717) is 0 Å². The second-order valence-electron chi connectivity index (χ2n) is 2.08. The van der Waals surface area contributed by atoms with Crippen LogP contribution in [-0.2, 0) is 9.53 Å². The van der Waals surface area contributed by atoms with Crippen LogP contribution in [0.15, 0.2) is 0 Å². The van der Waals surface area contributed by atoms with E-state index in [1.165, 1.54) is 7.11 Å². The number of carbonyl (C=O) groups is 1. The molecule has 0 fully saturated rings. The summed E-state index contributed by atoms with van der Waals surface area (Å²) in [4.78, 5) is 10.0. The van der Waals surface area contributed by atoms with Gasteiger partial charge in [0, 0.05) is 7.11 Å². The Kier molecular flexibility index (Phi) is 4.97. The van der Waals surface area contributed by atoms with Gasteiger partial charge in [-0.2, -0.15) is 0 Å². The minimum Gasteiger partial charge on any atom is -0.394 e. The molecule has 11 heavy (non-hydrogen) atoms. The van der Waals surface area contributed by atoms with Crippen LogP contribution in [0, 0.1) is 0 Å². The molecule has 0 saturated heterocycles. The van der Waals surface area contributed by atoms with Gasteiger partial charge in [0.25, 0.3) is 0 Å². The van der Waals surface area contributed by atoms with Gasteiger partial charge in [-0.1, -0.05) is 0 Å². The van der Waals surface area contributed by atoms with Crippen LogP contribution in [0.1, 0.15) is 0 Å². The number of methoxy groups -OCH3 is 1. The maximum Gasteiger partial charge on any atom is 0.151 e. The van der Waals surface area contributed by atoms with Crippen molar-refractivity contribution in [2.45, 2.75) is 18.3 Å². The van der Waals surface area contributed by atoms with Gasteiger partial charge < -0.3 is 24.9 Å². The molecule has 0 radical (unpaired) electrons. The van der Waals surface area contributed by atoms with Crippen molar-refractivity contribution in [3.63, 3.8) is 0 Å². The van der Waals surface area contributed by atoms with Crippen LogP contribution in [0.2, 0.25) is 0 Å². The summed E-state index contributed by atoms with van der Waals surface area (Å²) in [5.74, 6) is 0. The van der Waals surface area contributed by atoms with Crippen molar-refractivity contribution in [3.05, 3.63) is 0 Å². The first-order chi connectivity index (χ1) is 5.17. The molecule has 0 amide bonds. The molecule has 0 aromatic carbocycles. The molecule has 5 heteroatoms. The monoisotopic (exact) mass is 164 g/mol. The highest BCUT2D eigenvalue weighted by Crippen LogP contribution is 2.01. The van der Waals surface area contributed by atoms with Gasteiger partial charge in [0.05, 0.1) is 6.61 Å². The van der Waals surface area contributed by atoms with Crippen molar-refractivity contribution >= 4 is 6.29 Å². The van der Waals surface area contributed by atoms with Gasteiger partial charge in [-0.05, 0) is 0 Å². The fourth-order valence-electron chi connectivity index (χ4n) is 0.705. The van der Waals surface area contributed by atoms with E-state index >= 15 is 0 Å². The number of carbonyl (C=O) groups excluding carboxylic acids is 1. The molecule has 0 bridgehead atoms. The summed E-state index contributed by atoms with van der Waals surface area (Å²) in [6, 6.07) is 0. The fraction of sp³-hybridized carbons (Fsp3) is 0.833. The summed E-state index contributed by atoms with van der Waals surface area (Å²) >= 11 is 0. The van der Waals surface area contributed by atoms with Gasteiger partial charge in [0.2, 0.25) is 0 Å². The molecule has 0 aromatic rings. The van der Waals surface area contributed by atoms with Crippen LogP contribution < -0.4 is 0 Å². The Balaban J connectivity index is 4.02. The summed E-state index contributed by atoms with van der Waals surface area (Å²) in [5, 5.41) is 26.2. The van der Waals surface area contributed by atoms with Gasteiger partial charge in [0.1, 0.15) is 18.3 Å². The van der Waals surface area contributed by atoms with Crippen molar-refractivity contribution in [2.24, 2.45) is 0 Å². The van der Waals surface area contributed by atoms with Gasteiger partial charge >= 0.3 is 0 Å². The smallest absolute Gasteiger partial charge is 0.151 e. The number of aldehydes is 1. The molecular weight excluding hydrogens is 152 g/mol. The molecule has 66 valence electrons. The van der Waals surface area contributed by atoms with E-state index in [4.69, 9.17) is 15.3 Å². The summed E-state index contributed by atoms with van der Waals surface area (Å²) in [7, 11) is 1.23. The van der Waals surface area contributed by atoms with Crippen LogP contribution in [-0.4, -0.2) is 53.6 Å². The number of ether oxygens (including phenoxy) is 1. The van der Waals surface area contributed by atoms with E-state index in [9.17, 15) is 4.79 Å². The summed E-state index contributed by atoms with van der Waals surface area (Å²) in [5.41, 5.74) is 0. The van der Waals surface area contributed by atoms with Crippen LogP contribution in [0.5, 0.6) is 0 Å². The first kappa shape index (κ1) is 10.5. The van der Waals surface area contributed by atoms with E-state index in [1.807, 2.05) is 0 Å². The number of rotatable bonds is 5. The van der Waals surface area contributed by atoms with E-state index < -0.39 is 24.9 Å².